The van der Waals surface area contributed by atoms with Crippen molar-refractivity contribution < 1.29 is 9.53 Å². The third-order valence-corrected chi connectivity index (χ3v) is 3.35. The molecule has 0 aliphatic carbocycles. The molecule has 21 heavy (non-hydrogen) atoms. The van der Waals surface area contributed by atoms with Crippen LogP contribution in [0.25, 0.3) is 5.69 Å². The Kier molecular flexibility index (Phi) is 3.78. The average molecular weight is 288 g/mol. The second-order valence-corrected chi connectivity index (χ2v) is 4.79. The van der Waals surface area contributed by atoms with Crippen molar-refractivity contribution in [3.63, 3.8) is 0 Å². The molecule has 2 heterocycles. The number of aromatic nitrogens is 4. The second-order valence-electron chi connectivity index (χ2n) is 4.79. The van der Waals surface area contributed by atoms with Crippen LogP contribution in [0.15, 0.2) is 24.5 Å². The number of morpholine rings is 1. The van der Waals surface area contributed by atoms with E-state index in [0.717, 1.165) is 11.3 Å². The lowest BCUT2D eigenvalue weighted by Gasteiger charge is -2.27. The van der Waals surface area contributed by atoms with E-state index in [2.05, 4.69) is 20.8 Å². The number of benzene rings is 1. The number of aryl methyl sites for hydroxylation is 1. The molecule has 1 aliphatic heterocycles. The molecule has 2 amide bonds. The first-order valence-electron chi connectivity index (χ1n) is 6.72. The van der Waals surface area contributed by atoms with E-state index >= 15 is 0 Å². The number of hydrogen-bond acceptors (Lipinski definition) is 5. The zero-order valence-corrected chi connectivity index (χ0v) is 11.7. The van der Waals surface area contributed by atoms with Crippen molar-refractivity contribution >= 4 is 11.7 Å². The quantitative estimate of drug-likeness (QED) is 0.885. The van der Waals surface area contributed by atoms with Crippen molar-refractivity contribution in [3.8, 4) is 5.69 Å². The Morgan fingerprint density at radius 1 is 1.33 bits per heavy atom. The van der Waals surface area contributed by atoms with E-state index in [4.69, 9.17) is 4.74 Å². The maximum absolute atomic E-state index is 12.2. The Labute approximate surface area is 121 Å². The highest BCUT2D eigenvalue weighted by Crippen LogP contribution is 2.18. The van der Waals surface area contributed by atoms with E-state index in [9.17, 15) is 4.79 Å². The highest BCUT2D eigenvalue weighted by molar-refractivity contribution is 5.89. The lowest BCUT2D eigenvalue weighted by molar-refractivity contribution is 0.0564. The Bertz CT molecular complexity index is 622. The first-order chi connectivity index (χ1) is 10.2. The van der Waals surface area contributed by atoms with Gasteiger partial charge in [-0.1, -0.05) is 6.07 Å². The Morgan fingerprint density at radius 2 is 2.14 bits per heavy atom. The van der Waals surface area contributed by atoms with Gasteiger partial charge in [0.05, 0.1) is 18.9 Å². The van der Waals surface area contributed by atoms with Crippen molar-refractivity contribution in [2.45, 2.75) is 6.92 Å². The minimum atomic E-state index is -0.121. The highest BCUT2D eigenvalue weighted by Gasteiger charge is 2.17. The summed E-state index contributed by atoms with van der Waals surface area (Å²) in [5, 5.41) is 14.0. The molecule has 3 rings (SSSR count). The van der Waals surface area contributed by atoms with Crippen molar-refractivity contribution in [3.05, 3.63) is 30.1 Å². The van der Waals surface area contributed by atoms with E-state index in [1.54, 1.807) is 9.58 Å². The summed E-state index contributed by atoms with van der Waals surface area (Å²) in [7, 11) is 0. The van der Waals surface area contributed by atoms with Gasteiger partial charge in [0.25, 0.3) is 0 Å². The molecule has 0 radical (unpaired) electrons. The topological polar surface area (TPSA) is 85.2 Å². The van der Waals surface area contributed by atoms with E-state index in [1.807, 2.05) is 25.1 Å². The van der Waals surface area contributed by atoms with E-state index in [0.29, 0.717) is 32.0 Å². The lowest BCUT2D eigenvalue weighted by Crippen LogP contribution is -2.43. The summed E-state index contributed by atoms with van der Waals surface area (Å²) in [5.74, 6) is 0. The summed E-state index contributed by atoms with van der Waals surface area (Å²) in [6.45, 7) is 4.34. The highest BCUT2D eigenvalue weighted by atomic mass is 16.5. The minimum Gasteiger partial charge on any atom is -0.378 e. The summed E-state index contributed by atoms with van der Waals surface area (Å²) < 4.78 is 6.81. The molecule has 1 aliphatic rings. The zero-order chi connectivity index (χ0) is 14.7. The standard InChI is InChI=1S/C13H16N6O2/c1-10-2-3-11(8-12(10)19-9-14-16-17-19)15-13(20)18-4-6-21-7-5-18/h2-3,8-9H,4-7H2,1H3,(H,15,20). The molecule has 1 saturated heterocycles. The minimum absolute atomic E-state index is 0.121. The van der Waals surface area contributed by atoms with Gasteiger partial charge in [0, 0.05) is 18.8 Å². The number of hydrogen-bond donors (Lipinski definition) is 1. The van der Waals surface area contributed by atoms with Crippen molar-refractivity contribution in [1.82, 2.24) is 25.1 Å². The predicted octanol–water partition coefficient (Wildman–Crippen LogP) is 0.835. The van der Waals surface area contributed by atoms with Crippen LogP contribution in [0.4, 0.5) is 10.5 Å². The lowest BCUT2D eigenvalue weighted by atomic mass is 10.2. The number of tetrazole rings is 1. The average Bonchev–Trinajstić information content (AvgIpc) is 3.04. The van der Waals surface area contributed by atoms with Crippen LogP contribution in [0.1, 0.15) is 5.56 Å². The van der Waals surface area contributed by atoms with Crippen LogP contribution in [0.3, 0.4) is 0 Å². The summed E-state index contributed by atoms with van der Waals surface area (Å²) >= 11 is 0. The molecule has 1 N–H and O–H groups in total. The molecule has 8 nitrogen and oxygen atoms in total. The molecule has 1 fully saturated rings. The van der Waals surface area contributed by atoms with Gasteiger partial charge in [-0.15, -0.1) is 5.10 Å². The largest absolute Gasteiger partial charge is 0.378 e. The fraction of sp³-hybridized carbons (Fsp3) is 0.385. The Balaban J connectivity index is 1.77. The number of amides is 2. The van der Waals surface area contributed by atoms with E-state index in [1.165, 1.54) is 6.33 Å². The first-order valence-corrected chi connectivity index (χ1v) is 6.72. The molecule has 2 aromatic rings. The van der Waals surface area contributed by atoms with Gasteiger partial charge in [-0.2, -0.15) is 0 Å². The van der Waals surface area contributed by atoms with Gasteiger partial charge < -0.3 is 15.0 Å². The monoisotopic (exact) mass is 288 g/mol. The van der Waals surface area contributed by atoms with Crippen molar-refractivity contribution in [2.75, 3.05) is 31.6 Å². The number of nitrogens with zero attached hydrogens (tertiary/aromatic N) is 5. The van der Waals surface area contributed by atoms with Crippen LogP contribution < -0.4 is 5.32 Å². The van der Waals surface area contributed by atoms with Crippen LogP contribution in [0.2, 0.25) is 0 Å². The van der Waals surface area contributed by atoms with Gasteiger partial charge in [0.15, 0.2) is 0 Å². The molecule has 0 saturated carbocycles. The third-order valence-electron chi connectivity index (χ3n) is 3.35. The van der Waals surface area contributed by atoms with Crippen molar-refractivity contribution in [1.29, 1.82) is 0 Å². The number of carbonyl (C=O) groups is 1. The normalized spacial score (nSPS) is 15.0. The third kappa shape index (κ3) is 3.00. The first kappa shape index (κ1) is 13.5. The van der Waals surface area contributed by atoms with Gasteiger partial charge >= 0.3 is 6.03 Å². The number of carbonyl (C=O) groups excluding carboxylic acids is 1. The van der Waals surface area contributed by atoms with Crippen LogP contribution in [0.5, 0.6) is 0 Å². The van der Waals surface area contributed by atoms with E-state index < -0.39 is 0 Å². The van der Waals surface area contributed by atoms with Crippen LogP contribution in [-0.4, -0.2) is 57.4 Å². The molecule has 0 atom stereocenters. The molecular formula is C13H16N6O2. The summed E-state index contributed by atoms with van der Waals surface area (Å²) in [6.07, 6.45) is 1.52. The Hall–Kier alpha value is -2.48. The molecular weight excluding hydrogens is 272 g/mol. The number of nitrogens with one attached hydrogen (secondary N) is 1. The number of ether oxygens (including phenoxy) is 1. The number of urea groups is 1. The molecule has 1 aromatic carbocycles. The van der Waals surface area contributed by atoms with Crippen LogP contribution >= 0.6 is 0 Å². The summed E-state index contributed by atoms with van der Waals surface area (Å²) in [6, 6.07) is 5.52. The van der Waals surface area contributed by atoms with Gasteiger partial charge in [0.1, 0.15) is 6.33 Å². The maximum atomic E-state index is 12.2. The molecule has 0 bridgehead atoms. The maximum Gasteiger partial charge on any atom is 0.322 e. The van der Waals surface area contributed by atoms with Crippen molar-refractivity contribution in [2.24, 2.45) is 0 Å². The van der Waals surface area contributed by atoms with Gasteiger partial charge in [-0.25, -0.2) is 9.48 Å². The van der Waals surface area contributed by atoms with Gasteiger partial charge in [-0.3, -0.25) is 0 Å². The molecule has 1 aromatic heterocycles. The Morgan fingerprint density at radius 3 is 2.86 bits per heavy atom. The van der Waals surface area contributed by atoms with Gasteiger partial charge in [0.2, 0.25) is 0 Å². The number of anilines is 1. The van der Waals surface area contributed by atoms with E-state index in [-0.39, 0.29) is 6.03 Å². The molecule has 0 spiro atoms. The zero-order valence-electron chi connectivity index (χ0n) is 11.7. The summed E-state index contributed by atoms with van der Waals surface area (Å²) in [5.41, 5.74) is 2.56. The second kappa shape index (κ2) is 5.88. The van der Waals surface area contributed by atoms with Gasteiger partial charge in [-0.05, 0) is 35.0 Å². The van der Waals surface area contributed by atoms with Crippen LogP contribution in [-0.2, 0) is 4.74 Å². The molecule has 0 unspecified atom stereocenters. The summed E-state index contributed by atoms with van der Waals surface area (Å²) in [4.78, 5) is 13.9. The SMILES string of the molecule is Cc1ccc(NC(=O)N2CCOCC2)cc1-n1cnnn1. The fourth-order valence-electron chi connectivity index (χ4n) is 2.17. The number of rotatable bonds is 2. The fourth-order valence-corrected chi connectivity index (χ4v) is 2.17. The molecule has 110 valence electrons. The van der Waals surface area contributed by atoms with Crippen LogP contribution in [0, 0.1) is 6.92 Å². The predicted molar refractivity (Wildman–Crippen MR) is 75.3 cm³/mol. The molecule has 8 heteroatoms. The smallest absolute Gasteiger partial charge is 0.322 e.